The molecule has 6 nitrogen and oxygen atoms in total. The Morgan fingerprint density at radius 3 is 2.67 bits per heavy atom. The number of aliphatic hydroxyl groups excluding tert-OH is 1. The second kappa shape index (κ2) is 4.83. The Hall–Kier alpha value is -1.18. The van der Waals surface area contributed by atoms with Gasteiger partial charge in [-0.15, -0.1) is 0 Å². The van der Waals surface area contributed by atoms with E-state index >= 15 is 0 Å². The molecule has 1 aliphatic heterocycles. The SMILES string of the molecule is O=C(c1cc(Br)cc([N+](=O)[O-])c1Cl)N1CC(O)C1. The molecule has 0 unspecified atom stereocenters. The Morgan fingerprint density at radius 2 is 2.17 bits per heavy atom. The molecular weight excluding hydrogens is 327 g/mol. The number of aliphatic hydroxyl groups is 1. The normalized spacial score (nSPS) is 15.4. The summed E-state index contributed by atoms with van der Waals surface area (Å²) in [7, 11) is 0. The lowest BCUT2D eigenvalue weighted by atomic mass is 10.1. The van der Waals surface area contributed by atoms with Crippen LogP contribution in [0.15, 0.2) is 16.6 Å². The predicted molar refractivity (Wildman–Crippen MR) is 67.7 cm³/mol. The molecule has 0 aliphatic carbocycles. The van der Waals surface area contributed by atoms with E-state index in [1.165, 1.54) is 17.0 Å². The van der Waals surface area contributed by atoms with E-state index in [9.17, 15) is 14.9 Å². The van der Waals surface area contributed by atoms with Crippen LogP contribution in [0.25, 0.3) is 0 Å². The van der Waals surface area contributed by atoms with E-state index in [4.69, 9.17) is 16.7 Å². The minimum Gasteiger partial charge on any atom is -0.389 e. The molecular formula is C10H8BrClN2O4. The first-order chi connectivity index (χ1) is 8.40. The van der Waals surface area contributed by atoms with Crippen molar-refractivity contribution in [2.45, 2.75) is 6.10 Å². The lowest BCUT2D eigenvalue weighted by molar-refractivity contribution is -0.384. The van der Waals surface area contributed by atoms with Gasteiger partial charge in [-0.3, -0.25) is 14.9 Å². The number of hydrogen-bond acceptors (Lipinski definition) is 4. The fourth-order valence-corrected chi connectivity index (χ4v) is 2.36. The van der Waals surface area contributed by atoms with E-state index in [1.807, 2.05) is 0 Å². The molecule has 0 radical (unpaired) electrons. The molecule has 0 bridgehead atoms. The summed E-state index contributed by atoms with van der Waals surface area (Å²) in [5, 5.41) is 19.7. The van der Waals surface area contributed by atoms with Crippen LogP contribution in [-0.2, 0) is 0 Å². The number of nitrogens with zero attached hydrogens (tertiary/aromatic N) is 2. The van der Waals surface area contributed by atoms with Crippen molar-refractivity contribution in [3.8, 4) is 0 Å². The number of carbonyl (C=O) groups excluding carboxylic acids is 1. The van der Waals surface area contributed by atoms with Crippen LogP contribution in [0.1, 0.15) is 10.4 Å². The molecule has 18 heavy (non-hydrogen) atoms. The summed E-state index contributed by atoms with van der Waals surface area (Å²) in [5.74, 6) is -0.422. The zero-order chi connectivity index (χ0) is 13.4. The van der Waals surface area contributed by atoms with Crippen LogP contribution in [0.4, 0.5) is 5.69 Å². The highest BCUT2D eigenvalue weighted by atomic mass is 79.9. The molecule has 0 saturated carbocycles. The number of benzene rings is 1. The molecule has 1 aromatic rings. The van der Waals surface area contributed by atoms with Crippen LogP contribution >= 0.6 is 27.5 Å². The Balaban J connectivity index is 2.38. The van der Waals surface area contributed by atoms with Gasteiger partial charge in [-0.05, 0) is 6.07 Å². The molecule has 1 heterocycles. The summed E-state index contributed by atoms with van der Waals surface area (Å²) in [6.45, 7) is 0.435. The van der Waals surface area contributed by atoms with Crippen molar-refractivity contribution in [2.24, 2.45) is 0 Å². The fourth-order valence-electron chi connectivity index (χ4n) is 1.65. The smallest absolute Gasteiger partial charge is 0.289 e. The van der Waals surface area contributed by atoms with Crippen molar-refractivity contribution < 1.29 is 14.8 Å². The number of halogens is 2. The van der Waals surface area contributed by atoms with Crippen LogP contribution in [0.3, 0.4) is 0 Å². The van der Waals surface area contributed by atoms with E-state index in [0.717, 1.165) is 0 Å². The van der Waals surface area contributed by atoms with Crippen LogP contribution in [0.5, 0.6) is 0 Å². The third kappa shape index (κ3) is 2.33. The Morgan fingerprint density at radius 1 is 1.56 bits per heavy atom. The monoisotopic (exact) mass is 334 g/mol. The van der Waals surface area contributed by atoms with Gasteiger partial charge < -0.3 is 10.0 Å². The first-order valence-corrected chi connectivity index (χ1v) is 6.18. The predicted octanol–water partition coefficient (Wildman–Crippen LogP) is 1.83. The number of rotatable bonds is 2. The summed E-state index contributed by atoms with van der Waals surface area (Å²) >= 11 is 8.96. The van der Waals surface area contributed by atoms with E-state index in [2.05, 4.69) is 15.9 Å². The molecule has 96 valence electrons. The standard InChI is InChI=1S/C10H8BrClN2O4/c11-5-1-7(9(12)8(2-5)14(17)18)10(16)13-3-6(15)4-13/h1-2,6,15H,3-4H2. The van der Waals surface area contributed by atoms with Crippen LogP contribution < -0.4 is 0 Å². The van der Waals surface area contributed by atoms with E-state index in [-0.39, 0.29) is 29.4 Å². The topological polar surface area (TPSA) is 83.7 Å². The lowest BCUT2D eigenvalue weighted by Crippen LogP contribution is -2.53. The highest BCUT2D eigenvalue weighted by molar-refractivity contribution is 9.10. The van der Waals surface area contributed by atoms with E-state index < -0.39 is 16.9 Å². The van der Waals surface area contributed by atoms with Gasteiger partial charge in [0.1, 0.15) is 5.02 Å². The Labute approximate surface area is 115 Å². The summed E-state index contributed by atoms with van der Waals surface area (Å²) in [6, 6.07) is 2.67. The van der Waals surface area contributed by atoms with Crippen LogP contribution in [0.2, 0.25) is 5.02 Å². The first-order valence-electron chi connectivity index (χ1n) is 5.01. The third-order valence-corrected chi connectivity index (χ3v) is 3.45. The molecule has 1 aliphatic rings. The second-order valence-corrected chi connectivity index (χ2v) is 5.20. The van der Waals surface area contributed by atoms with Gasteiger partial charge in [0.2, 0.25) is 0 Å². The molecule has 8 heteroatoms. The molecule has 0 spiro atoms. The second-order valence-electron chi connectivity index (χ2n) is 3.91. The molecule has 1 amide bonds. The maximum Gasteiger partial charge on any atom is 0.289 e. The van der Waals surface area contributed by atoms with Crippen LogP contribution in [-0.4, -0.2) is 40.0 Å². The van der Waals surface area contributed by atoms with Crippen LogP contribution in [0, 0.1) is 10.1 Å². The maximum atomic E-state index is 12.0. The quantitative estimate of drug-likeness (QED) is 0.660. The van der Waals surface area contributed by atoms with Gasteiger partial charge in [0.05, 0.1) is 16.6 Å². The first kappa shape index (κ1) is 13.3. The molecule has 2 rings (SSSR count). The summed E-state index contributed by atoms with van der Waals surface area (Å²) in [6.07, 6.45) is -0.533. The molecule has 0 atom stereocenters. The third-order valence-electron chi connectivity index (χ3n) is 2.59. The fraction of sp³-hybridized carbons (Fsp3) is 0.300. The Kier molecular flexibility index (Phi) is 3.56. The molecule has 1 fully saturated rings. The van der Waals surface area contributed by atoms with E-state index in [1.54, 1.807) is 0 Å². The average Bonchev–Trinajstić information content (AvgIpc) is 2.26. The number of carbonyl (C=O) groups is 1. The maximum absolute atomic E-state index is 12.0. The molecule has 0 aromatic heterocycles. The largest absolute Gasteiger partial charge is 0.389 e. The van der Waals surface area contributed by atoms with Crippen molar-refractivity contribution in [1.82, 2.24) is 4.90 Å². The number of β-amino-alcohol motifs (C(OH)–C–C–N with tert-alkyl or cyclic N) is 1. The molecule has 1 N–H and O–H groups in total. The van der Waals surface area contributed by atoms with Crippen molar-refractivity contribution >= 4 is 39.1 Å². The highest BCUT2D eigenvalue weighted by Gasteiger charge is 2.32. The van der Waals surface area contributed by atoms with Crippen molar-refractivity contribution in [2.75, 3.05) is 13.1 Å². The van der Waals surface area contributed by atoms with E-state index in [0.29, 0.717) is 4.47 Å². The van der Waals surface area contributed by atoms with Gasteiger partial charge in [-0.25, -0.2) is 0 Å². The average molecular weight is 336 g/mol. The van der Waals surface area contributed by atoms with Gasteiger partial charge in [0.25, 0.3) is 11.6 Å². The number of likely N-dealkylation sites (tertiary alicyclic amines) is 1. The lowest BCUT2D eigenvalue weighted by Gasteiger charge is -2.36. The zero-order valence-electron chi connectivity index (χ0n) is 8.97. The number of amides is 1. The van der Waals surface area contributed by atoms with Crippen molar-refractivity contribution in [3.63, 3.8) is 0 Å². The van der Waals surface area contributed by atoms with Gasteiger partial charge in [-0.1, -0.05) is 27.5 Å². The number of nitro groups is 1. The summed E-state index contributed by atoms with van der Waals surface area (Å²) < 4.78 is 0.406. The van der Waals surface area contributed by atoms with Gasteiger partial charge in [-0.2, -0.15) is 0 Å². The highest BCUT2D eigenvalue weighted by Crippen LogP contribution is 2.33. The number of hydrogen-bond donors (Lipinski definition) is 1. The van der Waals surface area contributed by atoms with Gasteiger partial charge in [0, 0.05) is 23.6 Å². The minimum absolute atomic E-state index is 0.0599. The molecule has 1 aromatic carbocycles. The van der Waals surface area contributed by atoms with Crippen molar-refractivity contribution in [3.05, 3.63) is 37.3 Å². The minimum atomic E-state index is -0.644. The zero-order valence-corrected chi connectivity index (χ0v) is 11.3. The van der Waals surface area contributed by atoms with Gasteiger partial charge >= 0.3 is 0 Å². The van der Waals surface area contributed by atoms with Gasteiger partial charge in [0.15, 0.2) is 0 Å². The number of nitro benzene ring substituents is 1. The summed E-state index contributed by atoms with van der Waals surface area (Å²) in [4.78, 5) is 23.5. The Bertz CT molecular complexity index is 531. The van der Waals surface area contributed by atoms with Crippen molar-refractivity contribution in [1.29, 1.82) is 0 Å². The molecule has 1 saturated heterocycles. The summed E-state index contributed by atoms with van der Waals surface area (Å²) in [5.41, 5.74) is -0.264.